The summed E-state index contributed by atoms with van der Waals surface area (Å²) in [6.07, 6.45) is 0.747. The van der Waals surface area contributed by atoms with Gasteiger partial charge in [0, 0.05) is 18.6 Å². The summed E-state index contributed by atoms with van der Waals surface area (Å²) in [6, 6.07) is 6.64. The standard InChI is InChI=1S/C14H22N2O3S/c1-3-13-10-19-9-8-16(13)20(17,18)14-6-4-12(5-7-14)11(2)15/h4-7,11,13H,3,8-10,15H2,1-2H3. The lowest BCUT2D eigenvalue weighted by Gasteiger charge is -2.34. The number of nitrogens with zero attached hydrogens (tertiary/aromatic N) is 1. The second kappa shape index (κ2) is 6.22. The molecule has 5 nitrogen and oxygen atoms in total. The molecule has 1 aromatic carbocycles. The zero-order valence-electron chi connectivity index (χ0n) is 12.0. The molecule has 20 heavy (non-hydrogen) atoms. The van der Waals surface area contributed by atoms with Crippen molar-refractivity contribution in [3.8, 4) is 0 Å². The van der Waals surface area contributed by atoms with Gasteiger partial charge in [0.2, 0.25) is 10.0 Å². The Labute approximate surface area is 120 Å². The zero-order chi connectivity index (χ0) is 14.8. The smallest absolute Gasteiger partial charge is 0.243 e. The van der Waals surface area contributed by atoms with Gasteiger partial charge in [0.15, 0.2) is 0 Å². The van der Waals surface area contributed by atoms with Crippen LogP contribution in [0.3, 0.4) is 0 Å². The maximum Gasteiger partial charge on any atom is 0.243 e. The maximum absolute atomic E-state index is 12.7. The van der Waals surface area contributed by atoms with Crippen LogP contribution < -0.4 is 5.73 Å². The largest absolute Gasteiger partial charge is 0.378 e. The maximum atomic E-state index is 12.7. The van der Waals surface area contributed by atoms with Crippen molar-refractivity contribution in [2.24, 2.45) is 5.73 Å². The van der Waals surface area contributed by atoms with Gasteiger partial charge in [-0.3, -0.25) is 0 Å². The molecule has 1 aliphatic rings. The highest BCUT2D eigenvalue weighted by Gasteiger charge is 2.32. The van der Waals surface area contributed by atoms with E-state index in [-0.39, 0.29) is 12.1 Å². The van der Waals surface area contributed by atoms with Crippen LogP contribution in [-0.2, 0) is 14.8 Å². The number of nitrogens with two attached hydrogens (primary N) is 1. The third kappa shape index (κ3) is 3.03. The van der Waals surface area contributed by atoms with Crippen LogP contribution in [0.5, 0.6) is 0 Å². The molecule has 0 aliphatic carbocycles. The Kier molecular flexibility index (Phi) is 4.80. The van der Waals surface area contributed by atoms with Crippen molar-refractivity contribution in [1.82, 2.24) is 4.31 Å². The minimum absolute atomic E-state index is 0.0816. The van der Waals surface area contributed by atoms with Gasteiger partial charge < -0.3 is 10.5 Å². The minimum atomic E-state index is -3.45. The summed E-state index contributed by atoms with van der Waals surface area (Å²) in [6.45, 7) is 5.18. The Morgan fingerprint density at radius 1 is 1.40 bits per heavy atom. The van der Waals surface area contributed by atoms with E-state index in [4.69, 9.17) is 10.5 Å². The molecule has 0 saturated carbocycles. The number of morpholine rings is 1. The molecule has 2 N–H and O–H groups in total. The number of benzene rings is 1. The Morgan fingerprint density at radius 2 is 2.05 bits per heavy atom. The first-order valence-electron chi connectivity index (χ1n) is 6.92. The number of hydrogen-bond acceptors (Lipinski definition) is 4. The summed E-state index contributed by atoms with van der Waals surface area (Å²) < 4.78 is 32.3. The lowest BCUT2D eigenvalue weighted by atomic mass is 10.1. The van der Waals surface area contributed by atoms with Gasteiger partial charge in [-0.2, -0.15) is 4.31 Å². The third-order valence-corrected chi connectivity index (χ3v) is 5.62. The van der Waals surface area contributed by atoms with Crippen LogP contribution in [0.25, 0.3) is 0 Å². The normalized spacial score (nSPS) is 22.6. The van der Waals surface area contributed by atoms with Crippen molar-refractivity contribution < 1.29 is 13.2 Å². The summed E-state index contributed by atoms with van der Waals surface area (Å²) >= 11 is 0. The third-order valence-electron chi connectivity index (χ3n) is 3.66. The van der Waals surface area contributed by atoms with Crippen LogP contribution in [0.1, 0.15) is 31.9 Å². The minimum Gasteiger partial charge on any atom is -0.378 e. The molecule has 1 aliphatic heterocycles. The summed E-state index contributed by atoms with van der Waals surface area (Å²) in [5.74, 6) is 0. The molecule has 2 rings (SSSR count). The average molecular weight is 298 g/mol. The molecular formula is C14H22N2O3S. The summed E-state index contributed by atoms with van der Waals surface area (Å²) in [5, 5.41) is 0. The van der Waals surface area contributed by atoms with E-state index in [1.54, 1.807) is 28.6 Å². The van der Waals surface area contributed by atoms with E-state index in [1.807, 2.05) is 13.8 Å². The fraction of sp³-hybridized carbons (Fsp3) is 0.571. The Balaban J connectivity index is 2.29. The van der Waals surface area contributed by atoms with Gasteiger partial charge >= 0.3 is 0 Å². The molecule has 6 heteroatoms. The molecule has 1 heterocycles. The van der Waals surface area contributed by atoms with Crippen LogP contribution in [0.4, 0.5) is 0 Å². The molecule has 1 saturated heterocycles. The quantitative estimate of drug-likeness (QED) is 0.914. The monoisotopic (exact) mass is 298 g/mol. The number of rotatable bonds is 4. The fourth-order valence-electron chi connectivity index (χ4n) is 2.36. The lowest BCUT2D eigenvalue weighted by Crippen LogP contribution is -2.48. The highest BCUT2D eigenvalue weighted by molar-refractivity contribution is 7.89. The highest BCUT2D eigenvalue weighted by atomic mass is 32.2. The second-order valence-corrected chi connectivity index (χ2v) is 7.00. The van der Waals surface area contributed by atoms with Crippen LogP contribution in [-0.4, -0.2) is 38.5 Å². The number of ether oxygens (including phenoxy) is 1. The summed E-state index contributed by atoms with van der Waals surface area (Å²) in [5.41, 5.74) is 6.71. The van der Waals surface area contributed by atoms with Crippen molar-refractivity contribution in [3.63, 3.8) is 0 Å². The van der Waals surface area contributed by atoms with Gasteiger partial charge in [0.05, 0.1) is 18.1 Å². The van der Waals surface area contributed by atoms with E-state index in [0.717, 1.165) is 12.0 Å². The molecule has 0 radical (unpaired) electrons. The highest BCUT2D eigenvalue weighted by Crippen LogP contribution is 2.23. The molecule has 2 atom stereocenters. The van der Waals surface area contributed by atoms with Crippen molar-refractivity contribution >= 4 is 10.0 Å². The number of hydrogen-bond donors (Lipinski definition) is 1. The van der Waals surface area contributed by atoms with Crippen molar-refractivity contribution in [3.05, 3.63) is 29.8 Å². The van der Waals surface area contributed by atoms with E-state index in [0.29, 0.717) is 24.7 Å². The predicted molar refractivity (Wildman–Crippen MR) is 77.8 cm³/mol. The van der Waals surface area contributed by atoms with Crippen LogP contribution >= 0.6 is 0 Å². The van der Waals surface area contributed by atoms with Gasteiger partial charge in [-0.05, 0) is 31.0 Å². The lowest BCUT2D eigenvalue weighted by molar-refractivity contribution is 0.0314. The molecule has 112 valence electrons. The molecule has 0 spiro atoms. The van der Waals surface area contributed by atoms with Crippen LogP contribution in [0.15, 0.2) is 29.2 Å². The number of sulfonamides is 1. The van der Waals surface area contributed by atoms with Gasteiger partial charge in [-0.15, -0.1) is 0 Å². The summed E-state index contributed by atoms with van der Waals surface area (Å²) in [7, 11) is -3.45. The fourth-order valence-corrected chi connectivity index (χ4v) is 4.02. The van der Waals surface area contributed by atoms with Crippen LogP contribution in [0, 0.1) is 0 Å². The molecule has 1 fully saturated rings. The summed E-state index contributed by atoms with van der Waals surface area (Å²) in [4.78, 5) is 0.322. The zero-order valence-corrected chi connectivity index (χ0v) is 12.8. The molecular weight excluding hydrogens is 276 g/mol. The molecule has 0 bridgehead atoms. The van der Waals surface area contributed by atoms with E-state index < -0.39 is 10.0 Å². The second-order valence-electron chi connectivity index (χ2n) is 5.11. The Morgan fingerprint density at radius 3 is 2.60 bits per heavy atom. The van der Waals surface area contributed by atoms with E-state index in [2.05, 4.69) is 0 Å². The predicted octanol–water partition coefficient (Wildman–Crippen LogP) is 1.51. The van der Waals surface area contributed by atoms with Crippen LogP contribution in [0.2, 0.25) is 0 Å². The van der Waals surface area contributed by atoms with Gasteiger partial charge in [0.25, 0.3) is 0 Å². The Bertz CT molecular complexity index is 540. The van der Waals surface area contributed by atoms with Crippen molar-refractivity contribution in [2.45, 2.75) is 37.2 Å². The van der Waals surface area contributed by atoms with Crippen molar-refractivity contribution in [1.29, 1.82) is 0 Å². The first-order valence-corrected chi connectivity index (χ1v) is 8.36. The van der Waals surface area contributed by atoms with Crippen molar-refractivity contribution in [2.75, 3.05) is 19.8 Å². The molecule has 0 aromatic heterocycles. The van der Waals surface area contributed by atoms with E-state index >= 15 is 0 Å². The Hall–Kier alpha value is -0.950. The first kappa shape index (κ1) is 15.4. The SMILES string of the molecule is CCC1COCCN1S(=O)(=O)c1ccc(C(C)N)cc1. The van der Waals surface area contributed by atoms with E-state index in [9.17, 15) is 8.42 Å². The molecule has 0 amide bonds. The topological polar surface area (TPSA) is 72.6 Å². The van der Waals surface area contributed by atoms with Gasteiger partial charge in [-0.1, -0.05) is 19.1 Å². The molecule has 2 unspecified atom stereocenters. The first-order chi connectivity index (χ1) is 9.46. The average Bonchev–Trinajstić information content (AvgIpc) is 2.47. The molecule has 1 aromatic rings. The van der Waals surface area contributed by atoms with Gasteiger partial charge in [-0.25, -0.2) is 8.42 Å². The van der Waals surface area contributed by atoms with Gasteiger partial charge in [0.1, 0.15) is 0 Å². The van der Waals surface area contributed by atoms with E-state index in [1.165, 1.54) is 0 Å².